The van der Waals surface area contributed by atoms with Gasteiger partial charge in [0.15, 0.2) is 0 Å². The zero-order valence-corrected chi connectivity index (χ0v) is 6.47. The first kappa shape index (κ1) is 6.38. The van der Waals surface area contributed by atoms with Crippen molar-refractivity contribution >= 4 is 5.78 Å². The van der Waals surface area contributed by atoms with Crippen molar-refractivity contribution < 1.29 is 4.79 Å². The number of hydrogen-bond donors (Lipinski definition) is 0. The summed E-state index contributed by atoms with van der Waals surface area (Å²) in [6, 6.07) is 0. The summed E-state index contributed by atoms with van der Waals surface area (Å²) >= 11 is 0. The number of hydrogen-bond acceptors (Lipinski definition) is 1. The van der Waals surface area contributed by atoms with Gasteiger partial charge in [-0.05, 0) is 24.7 Å². The molecule has 2 aliphatic rings. The quantitative estimate of drug-likeness (QED) is 0.541. The van der Waals surface area contributed by atoms with Gasteiger partial charge in [-0.25, -0.2) is 0 Å². The average molecular weight is 138 g/mol. The van der Waals surface area contributed by atoms with Crippen molar-refractivity contribution in [2.45, 2.75) is 32.6 Å². The minimum Gasteiger partial charge on any atom is -0.299 e. The summed E-state index contributed by atoms with van der Waals surface area (Å²) in [6.07, 6.45) is 4.73. The van der Waals surface area contributed by atoms with Crippen molar-refractivity contribution in [1.29, 1.82) is 0 Å². The van der Waals surface area contributed by atoms with Crippen LogP contribution in [0.25, 0.3) is 0 Å². The van der Waals surface area contributed by atoms with Gasteiger partial charge in [0.05, 0.1) is 0 Å². The molecule has 56 valence electrons. The van der Waals surface area contributed by atoms with E-state index in [0.717, 1.165) is 18.3 Å². The van der Waals surface area contributed by atoms with Crippen LogP contribution in [0, 0.1) is 17.8 Å². The van der Waals surface area contributed by atoms with E-state index in [-0.39, 0.29) is 0 Å². The second kappa shape index (κ2) is 2.08. The molecule has 2 rings (SSSR count). The van der Waals surface area contributed by atoms with Crippen LogP contribution in [0.3, 0.4) is 0 Å². The number of rotatable bonds is 1. The van der Waals surface area contributed by atoms with Gasteiger partial charge < -0.3 is 0 Å². The lowest BCUT2D eigenvalue weighted by Gasteiger charge is -2.27. The summed E-state index contributed by atoms with van der Waals surface area (Å²) in [5, 5.41) is 0. The first-order chi connectivity index (χ1) is 4.81. The Kier molecular flexibility index (Phi) is 1.33. The van der Waals surface area contributed by atoms with Gasteiger partial charge in [-0.15, -0.1) is 0 Å². The minimum atomic E-state index is 0.505. The lowest BCUT2D eigenvalue weighted by molar-refractivity contribution is -0.132. The monoisotopic (exact) mass is 138 g/mol. The van der Waals surface area contributed by atoms with Crippen LogP contribution in [0.1, 0.15) is 32.6 Å². The SMILES string of the molecule is CCC1C[C@@H]2CC(=O)[C@@H]2C1. The Morgan fingerprint density at radius 3 is 2.80 bits per heavy atom. The zero-order chi connectivity index (χ0) is 7.14. The van der Waals surface area contributed by atoms with Gasteiger partial charge in [-0.2, -0.15) is 0 Å². The molecule has 10 heavy (non-hydrogen) atoms. The molecule has 3 atom stereocenters. The molecule has 0 aromatic heterocycles. The van der Waals surface area contributed by atoms with E-state index in [9.17, 15) is 4.79 Å². The highest BCUT2D eigenvalue weighted by atomic mass is 16.1. The predicted octanol–water partition coefficient (Wildman–Crippen LogP) is 2.01. The number of carbonyl (C=O) groups excluding carboxylic acids is 1. The zero-order valence-electron chi connectivity index (χ0n) is 6.47. The van der Waals surface area contributed by atoms with Gasteiger partial charge in [0.2, 0.25) is 0 Å². The fourth-order valence-electron chi connectivity index (χ4n) is 2.44. The van der Waals surface area contributed by atoms with Gasteiger partial charge >= 0.3 is 0 Å². The largest absolute Gasteiger partial charge is 0.299 e. The molecule has 0 aliphatic heterocycles. The van der Waals surface area contributed by atoms with E-state index >= 15 is 0 Å². The van der Waals surface area contributed by atoms with Crippen LogP contribution >= 0.6 is 0 Å². The van der Waals surface area contributed by atoms with E-state index < -0.39 is 0 Å². The second-order valence-electron chi connectivity index (χ2n) is 3.78. The highest BCUT2D eigenvalue weighted by Gasteiger charge is 2.45. The molecule has 2 fully saturated rings. The maximum atomic E-state index is 11.0. The Bertz CT molecular complexity index is 162. The van der Waals surface area contributed by atoms with E-state index in [0.29, 0.717) is 11.7 Å². The number of carbonyl (C=O) groups is 1. The molecule has 1 nitrogen and oxygen atoms in total. The van der Waals surface area contributed by atoms with E-state index in [2.05, 4.69) is 6.92 Å². The summed E-state index contributed by atoms with van der Waals surface area (Å²) in [6.45, 7) is 2.24. The highest BCUT2D eigenvalue weighted by Crippen LogP contribution is 2.47. The van der Waals surface area contributed by atoms with Crippen molar-refractivity contribution in [3.63, 3.8) is 0 Å². The molecule has 0 saturated heterocycles. The van der Waals surface area contributed by atoms with Crippen LogP contribution in [0.2, 0.25) is 0 Å². The summed E-state index contributed by atoms with van der Waals surface area (Å²) in [4.78, 5) is 11.0. The standard InChI is InChI=1S/C9H14O/c1-2-6-3-7-5-9(10)8(7)4-6/h6-8H,2-5H2,1H3/t6?,7-,8-/m1/s1. The van der Waals surface area contributed by atoms with E-state index in [1.807, 2.05) is 0 Å². The van der Waals surface area contributed by atoms with Crippen molar-refractivity contribution in [2.24, 2.45) is 17.8 Å². The van der Waals surface area contributed by atoms with Crippen LogP contribution in [0.4, 0.5) is 0 Å². The van der Waals surface area contributed by atoms with Crippen LogP contribution in [0.15, 0.2) is 0 Å². The number of fused-ring (bicyclic) bond motifs is 1. The lowest BCUT2D eigenvalue weighted by atomic mass is 9.75. The van der Waals surface area contributed by atoms with Crippen molar-refractivity contribution in [2.75, 3.05) is 0 Å². The molecule has 2 aliphatic carbocycles. The third kappa shape index (κ3) is 0.727. The molecule has 0 radical (unpaired) electrons. The molecule has 1 heteroatoms. The Morgan fingerprint density at radius 1 is 1.50 bits per heavy atom. The van der Waals surface area contributed by atoms with E-state index in [4.69, 9.17) is 0 Å². The van der Waals surface area contributed by atoms with Crippen molar-refractivity contribution in [3.8, 4) is 0 Å². The molecule has 2 saturated carbocycles. The Morgan fingerprint density at radius 2 is 2.30 bits per heavy atom. The molecule has 1 unspecified atom stereocenters. The van der Waals surface area contributed by atoms with Gasteiger partial charge in [0.1, 0.15) is 5.78 Å². The van der Waals surface area contributed by atoms with Crippen LogP contribution in [-0.2, 0) is 4.79 Å². The predicted molar refractivity (Wildman–Crippen MR) is 39.6 cm³/mol. The summed E-state index contributed by atoms with van der Waals surface area (Å²) in [5.41, 5.74) is 0. The molecule has 0 heterocycles. The van der Waals surface area contributed by atoms with Crippen LogP contribution < -0.4 is 0 Å². The van der Waals surface area contributed by atoms with Crippen molar-refractivity contribution in [3.05, 3.63) is 0 Å². The first-order valence-corrected chi connectivity index (χ1v) is 4.34. The lowest BCUT2D eigenvalue weighted by Crippen LogP contribution is -2.32. The molecule has 0 N–H and O–H groups in total. The molecular formula is C9H14O. The van der Waals surface area contributed by atoms with Gasteiger partial charge in [-0.1, -0.05) is 13.3 Å². The van der Waals surface area contributed by atoms with Gasteiger partial charge in [-0.3, -0.25) is 4.79 Å². The Balaban J connectivity index is 1.99. The number of Topliss-reactive ketones (excluding diaryl/α,β-unsaturated/α-hetero) is 1. The Hall–Kier alpha value is -0.330. The topological polar surface area (TPSA) is 17.1 Å². The molecule has 0 amide bonds. The van der Waals surface area contributed by atoms with Gasteiger partial charge in [0, 0.05) is 12.3 Å². The maximum Gasteiger partial charge on any atom is 0.136 e. The fourth-order valence-corrected chi connectivity index (χ4v) is 2.44. The summed E-state index contributed by atoms with van der Waals surface area (Å²) in [5.74, 6) is 2.73. The third-order valence-electron chi connectivity index (χ3n) is 3.25. The summed E-state index contributed by atoms with van der Waals surface area (Å²) in [7, 11) is 0. The Labute approximate surface area is 61.8 Å². The normalized spacial score (nSPS) is 44.9. The number of ketones is 1. The molecular weight excluding hydrogens is 124 g/mol. The van der Waals surface area contributed by atoms with E-state index in [1.165, 1.54) is 19.3 Å². The van der Waals surface area contributed by atoms with Crippen molar-refractivity contribution in [1.82, 2.24) is 0 Å². The third-order valence-corrected chi connectivity index (χ3v) is 3.25. The molecule has 0 spiro atoms. The first-order valence-electron chi connectivity index (χ1n) is 4.34. The molecule has 0 aromatic rings. The summed E-state index contributed by atoms with van der Waals surface area (Å²) < 4.78 is 0. The average Bonchev–Trinajstić information content (AvgIpc) is 2.26. The van der Waals surface area contributed by atoms with E-state index in [1.54, 1.807) is 0 Å². The molecule has 0 aromatic carbocycles. The highest BCUT2D eigenvalue weighted by molar-refractivity contribution is 5.87. The maximum absolute atomic E-state index is 11.0. The second-order valence-corrected chi connectivity index (χ2v) is 3.78. The fraction of sp³-hybridized carbons (Fsp3) is 0.889. The molecule has 0 bridgehead atoms. The van der Waals surface area contributed by atoms with Crippen LogP contribution in [-0.4, -0.2) is 5.78 Å². The smallest absolute Gasteiger partial charge is 0.136 e. The van der Waals surface area contributed by atoms with Crippen LogP contribution in [0.5, 0.6) is 0 Å². The van der Waals surface area contributed by atoms with Gasteiger partial charge in [0.25, 0.3) is 0 Å². The minimum absolute atomic E-state index is 0.505.